The molecule has 0 saturated carbocycles. The molecule has 3 aromatic rings. The minimum atomic E-state index is -3.71. The summed E-state index contributed by atoms with van der Waals surface area (Å²) in [6, 6.07) is 18.3. The van der Waals surface area contributed by atoms with Crippen molar-refractivity contribution in [1.29, 1.82) is 0 Å². The number of nitrogens with two attached hydrogens (primary N) is 1. The number of hydrogen-bond donors (Lipinski definition) is 3. The van der Waals surface area contributed by atoms with E-state index in [1.54, 1.807) is 31.3 Å². The first-order valence-corrected chi connectivity index (χ1v) is 10.6. The number of aryl methyl sites for hydroxylation is 1. The Morgan fingerprint density at radius 2 is 1.79 bits per heavy atom. The Morgan fingerprint density at radius 3 is 2.59 bits per heavy atom. The van der Waals surface area contributed by atoms with Crippen LogP contribution in [0.4, 0.5) is 5.69 Å². The van der Waals surface area contributed by atoms with E-state index < -0.39 is 10.0 Å². The molecule has 0 heterocycles. The summed E-state index contributed by atoms with van der Waals surface area (Å²) in [5.74, 6) is 0.221. The zero-order valence-corrected chi connectivity index (χ0v) is 16.7. The van der Waals surface area contributed by atoms with Crippen molar-refractivity contribution < 1.29 is 8.42 Å². The van der Waals surface area contributed by atoms with Gasteiger partial charge in [0.1, 0.15) is 0 Å². The predicted molar refractivity (Wildman–Crippen MR) is 117 cm³/mol. The van der Waals surface area contributed by atoms with Gasteiger partial charge in [0.15, 0.2) is 0 Å². The standard InChI is InChI=1S/C21H21N5O2S/c1-23-21(22)25-24-20-11-8-15-6-9-17(13-19(15)20)26-29(27,28)18-10-7-14-4-2-3-5-16(14)12-18/h2-7,9-10,12-13,26H,8,11H2,1H3,(H3,22,23,25)/b24-20-. The maximum atomic E-state index is 12.9. The van der Waals surface area contributed by atoms with Crippen molar-refractivity contribution in [3.8, 4) is 0 Å². The second-order valence-electron chi connectivity index (χ2n) is 6.77. The highest BCUT2D eigenvalue weighted by atomic mass is 32.2. The second-order valence-corrected chi connectivity index (χ2v) is 8.45. The summed E-state index contributed by atoms with van der Waals surface area (Å²) in [5.41, 5.74) is 11.7. The van der Waals surface area contributed by atoms with Gasteiger partial charge in [-0.2, -0.15) is 5.10 Å². The Kier molecular flexibility index (Phi) is 4.94. The molecular weight excluding hydrogens is 386 g/mol. The van der Waals surface area contributed by atoms with Gasteiger partial charge in [-0.05, 0) is 53.4 Å². The van der Waals surface area contributed by atoms with E-state index in [0.29, 0.717) is 5.69 Å². The number of hydrazone groups is 1. The van der Waals surface area contributed by atoms with E-state index in [2.05, 4.69) is 20.2 Å². The van der Waals surface area contributed by atoms with E-state index in [1.807, 2.05) is 36.4 Å². The molecule has 0 amide bonds. The summed E-state index contributed by atoms with van der Waals surface area (Å²) in [6.45, 7) is 0. The molecule has 0 radical (unpaired) electrons. The van der Waals surface area contributed by atoms with Crippen molar-refractivity contribution in [3.63, 3.8) is 0 Å². The van der Waals surface area contributed by atoms with Crippen LogP contribution in [0.5, 0.6) is 0 Å². The van der Waals surface area contributed by atoms with Crippen molar-refractivity contribution in [1.82, 2.24) is 5.43 Å². The average Bonchev–Trinajstić information content (AvgIpc) is 3.13. The first kappa shape index (κ1) is 18.9. The van der Waals surface area contributed by atoms with Crippen molar-refractivity contribution in [2.24, 2.45) is 15.8 Å². The van der Waals surface area contributed by atoms with Gasteiger partial charge in [0.05, 0.1) is 10.6 Å². The normalized spacial score (nSPS) is 15.5. The molecule has 3 aromatic carbocycles. The maximum absolute atomic E-state index is 12.9. The Morgan fingerprint density at radius 1 is 1.00 bits per heavy atom. The van der Waals surface area contributed by atoms with Crippen LogP contribution < -0.4 is 15.9 Å². The number of benzene rings is 3. The molecule has 0 bridgehead atoms. The van der Waals surface area contributed by atoms with E-state index >= 15 is 0 Å². The van der Waals surface area contributed by atoms with Crippen LogP contribution >= 0.6 is 0 Å². The molecule has 4 rings (SSSR count). The number of rotatable bonds is 4. The van der Waals surface area contributed by atoms with Crippen LogP contribution in [0.3, 0.4) is 0 Å². The van der Waals surface area contributed by atoms with Crippen LogP contribution in [-0.2, 0) is 16.4 Å². The fraction of sp³-hybridized carbons (Fsp3) is 0.143. The summed E-state index contributed by atoms with van der Waals surface area (Å²) < 4.78 is 28.5. The molecule has 0 aromatic heterocycles. The number of nitrogens with zero attached hydrogens (tertiary/aromatic N) is 2. The molecule has 0 atom stereocenters. The third kappa shape index (κ3) is 3.93. The van der Waals surface area contributed by atoms with Gasteiger partial charge in [-0.1, -0.05) is 36.4 Å². The van der Waals surface area contributed by atoms with E-state index in [1.165, 1.54) is 0 Å². The average molecular weight is 407 g/mol. The highest BCUT2D eigenvalue weighted by Crippen LogP contribution is 2.27. The third-order valence-corrected chi connectivity index (χ3v) is 6.26. The minimum Gasteiger partial charge on any atom is -0.369 e. The van der Waals surface area contributed by atoms with Gasteiger partial charge in [-0.15, -0.1) is 0 Å². The first-order valence-electron chi connectivity index (χ1n) is 9.16. The van der Waals surface area contributed by atoms with Gasteiger partial charge < -0.3 is 5.73 Å². The van der Waals surface area contributed by atoms with Crippen molar-refractivity contribution in [3.05, 3.63) is 71.8 Å². The van der Waals surface area contributed by atoms with Crippen LogP contribution in [0.1, 0.15) is 17.5 Å². The summed E-state index contributed by atoms with van der Waals surface area (Å²) in [6.07, 6.45) is 1.59. The smallest absolute Gasteiger partial charge is 0.261 e. The molecule has 0 aliphatic heterocycles. The van der Waals surface area contributed by atoms with Crippen LogP contribution in [-0.4, -0.2) is 27.1 Å². The number of sulfonamides is 1. The van der Waals surface area contributed by atoms with Gasteiger partial charge in [-0.3, -0.25) is 9.71 Å². The van der Waals surface area contributed by atoms with Crippen molar-refractivity contribution >= 4 is 38.2 Å². The molecule has 8 heteroatoms. The van der Waals surface area contributed by atoms with Crippen molar-refractivity contribution in [2.75, 3.05) is 11.8 Å². The lowest BCUT2D eigenvalue weighted by Crippen LogP contribution is -2.27. The van der Waals surface area contributed by atoms with Crippen LogP contribution in [0.2, 0.25) is 0 Å². The fourth-order valence-corrected chi connectivity index (χ4v) is 4.44. The van der Waals surface area contributed by atoms with Gasteiger partial charge >= 0.3 is 0 Å². The molecule has 1 aliphatic rings. The number of hydrogen-bond acceptors (Lipinski definition) is 4. The lowest BCUT2D eigenvalue weighted by atomic mass is 10.1. The summed E-state index contributed by atoms with van der Waals surface area (Å²) >= 11 is 0. The highest BCUT2D eigenvalue weighted by molar-refractivity contribution is 7.92. The Balaban J connectivity index is 1.62. The Labute approximate surface area is 169 Å². The van der Waals surface area contributed by atoms with E-state index in [9.17, 15) is 8.42 Å². The molecule has 148 valence electrons. The zero-order valence-electron chi connectivity index (χ0n) is 15.9. The predicted octanol–water partition coefficient (Wildman–Crippen LogP) is 2.83. The Bertz CT molecular complexity index is 1250. The lowest BCUT2D eigenvalue weighted by molar-refractivity contribution is 0.601. The molecule has 1 aliphatic carbocycles. The summed E-state index contributed by atoms with van der Waals surface area (Å²) in [5, 5.41) is 6.17. The van der Waals surface area contributed by atoms with E-state index in [4.69, 9.17) is 5.73 Å². The minimum absolute atomic E-state index is 0.221. The largest absolute Gasteiger partial charge is 0.369 e. The molecule has 7 nitrogen and oxygen atoms in total. The number of nitrogens with one attached hydrogen (secondary N) is 2. The number of fused-ring (bicyclic) bond motifs is 2. The topological polar surface area (TPSA) is 109 Å². The molecule has 0 fully saturated rings. The number of aliphatic imine (C=N–C) groups is 1. The zero-order chi connectivity index (χ0) is 20.4. The van der Waals surface area contributed by atoms with Gasteiger partial charge in [0, 0.05) is 18.3 Å². The van der Waals surface area contributed by atoms with Crippen LogP contribution in [0, 0.1) is 0 Å². The summed E-state index contributed by atoms with van der Waals surface area (Å²) in [7, 11) is -2.14. The van der Waals surface area contributed by atoms with E-state index in [-0.39, 0.29) is 10.9 Å². The van der Waals surface area contributed by atoms with Crippen LogP contribution in [0.15, 0.2) is 75.7 Å². The lowest BCUT2D eigenvalue weighted by Gasteiger charge is -2.11. The maximum Gasteiger partial charge on any atom is 0.261 e. The Hall–Kier alpha value is -3.39. The molecule has 0 unspecified atom stereocenters. The first-order chi connectivity index (χ1) is 14.0. The molecule has 0 spiro atoms. The highest BCUT2D eigenvalue weighted by Gasteiger charge is 2.20. The molecule has 0 saturated heterocycles. The number of anilines is 1. The van der Waals surface area contributed by atoms with Crippen LogP contribution in [0.25, 0.3) is 10.8 Å². The van der Waals surface area contributed by atoms with E-state index in [0.717, 1.165) is 40.5 Å². The van der Waals surface area contributed by atoms with Crippen molar-refractivity contribution in [2.45, 2.75) is 17.7 Å². The SMILES string of the molecule is C/N=C(/N)N/N=C1/CCc2ccc(NS(=O)(=O)c3ccc4ccccc4c3)cc21. The number of guanidine groups is 1. The third-order valence-electron chi connectivity index (χ3n) is 4.88. The van der Waals surface area contributed by atoms with Gasteiger partial charge in [0.2, 0.25) is 5.96 Å². The monoisotopic (exact) mass is 407 g/mol. The fourth-order valence-electron chi connectivity index (χ4n) is 3.35. The molecular formula is C21H21N5O2S. The van der Waals surface area contributed by atoms with Gasteiger partial charge in [-0.25, -0.2) is 13.8 Å². The summed E-state index contributed by atoms with van der Waals surface area (Å²) in [4.78, 5) is 4.03. The molecule has 4 N–H and O–H groups in total. The quantitative estimate of drug-likeness (QED) is 0.351. The molecule has 29 heavy (non-hydrogen) atoms. The second kappa shape index (κ2) is 7.56. The van der Waals surface area contributed by atoms with Gasteiger partial charge in [0.25, 0.3) is 10.0 Å².